The fraction of sp³-hybridized carbons (Fsp3) is 0.800. The van der Waals surface area contributed by atoms with E-state index in [4.69, 9.17) is 0 Å². The zero-order valence-electron chi connectivity index (χ0n) is 15.9. The number of likely N-dealkylation sites (tertiary alicyclic amines) is 1. The van der Waals surface area contributed by atoms with Crippen molar-refractivity contribution in [3.05, 3.63) is 18.2 Å². The first-order valence-electron chi connectivity index (χ1n) is 10.4. The summed E-state index contributed by atoms with van der Waals surface area (Å²) < 4.78 is 2.10. The number of hydrogen-bond acceptors (Lipinski definition) is 4. The van der Waals surface area contributed by atoms with Crippen molar-refractivity contribution in [1.29, 1.82) is 0 Å². The summed E-state index contributed by atoms with van der Waals surface area (Å²) >= 11 is 0. The van der Waals surface area contributed by atoms with Crippen LogP contribution in [0.2, 0.25) is 0 Å². The van der Waals surface area contributed by atoms with Gasteiger partial charge in [0.05, 0.1) is 6.61 Å². The van der Waals surface area contributed by atoms with E-state index in [-0.39, 0.29) is 18.6 Å². The predicted octanol–water partition coefficient (Wildman–Crippen LogP) is 1.53. The lowest BCUT2D eigenvalue weighted by Gasteiger charge is -2.56. The molecule has 26 heavy (non-hydrogen) atoms. The SMILES string of the molecule is CCc1nccn1CCC(=O)N1C[C@H]2C[C@@H](C1)[C@H](CO)N1CCCC[C@@H]21. The lowest BCUT2D eigenvalue weighted by Crippen LogP contribution is -2.65. The van der Waals surface area contributed by atoms with E-state index in [1.165, 1.54) is 25.7 Å². The largest absolute Gasteiger partial charge is 0.395 e. The molecule has 3 saturated heterocycles. The topological polar surface area (TPSA) is 61.6 Å². The first kappa shape index (κ1) is 18.0. The highest BCUT2D eigenvalue weighted by atomic mass is 16.3. The smallest absolute Gasteiger partial charge is 0.224 e. The van der Waals surface area contributed by atoms with Crippen LogP contribution in [-0.2, 0) is 17.8 Å². The van der Waals surface area contributed by atoms with Gasteiger partial charge < -0.3 is 14.6 Å². The summed E-state index contributed by atoms with van der Waals surface area (Å²) in [6.07, 6.45) is 10.2. The number of nitrogens with zero attached hydrogens (tertiary/aromatic N) is 4. The van der Waals surface area contributed by atoms with E-state index >= 15 is 0 Å². The molecule has 144 valence electrons. The van der Waals surface area contributed by atoms with Crippen molar-refractivity contribution >= 4 is 5.91 Å². The Morgan fingerprint density at radius 2 is 2.15 bits per heavy atom. The van der Waals surface area contributed by atoms with Crippen LogP contribution in [0.4, 0.5) is 0 Å². The predicted molar refractivity (Wildman–Crippen MR) is 99.6 cm³/mol. The molecule has 1 aromatic rings. The number of aryl methyl sites for hydroxylation is 2. The molecule has 3 fully saturated rings. The van der Waals surface area contributed by atoms with Crippen LogP contribution in [0.1, 0.15) is 44.9 Å². The highest BCUT2D eigenvalue weighted by Gasteiger charge is 2.47. The molecule has 3 aliphatic heterocycles. The Morgan fingerprint density at radius 3 is 2.96 bits per heavy atom. The Labute approximate surface area is 156 Å². The second-order valence-electron chi connectivity index (χ2n) is 8.25. The number of amides is 1. The monoisotopic (exact) mass is 360 g/mol. The fourth-order valence-electron chi connectivity index (χ4n) is 5.59. The fourth-order valence-corrected chi connectivity index (χ4v) is 5.59. The van der Waals surface area contributed by atoms with Gasteiger partial charge in [0.25, 0.3) is 0 Å². The van der Waals surface area contributed by atoms with Crippen LogP contribution in [0.25, 0.3) is 0 Å². The third-order valence-corrected chi connectivity index (χ3v) is 6.85. The number of aliphatic hydroxyl groups excluding tert-OH is 1. The Balaban J connectivity index is 1.41. The van der Waals surface area contributed by atoms with Crippen molar-refractivity contribution in [3.8, 4) is 0 Å². The van der Waals surface area contributed by atoms with E-state index in [0.29, 0.717) is 30.8 Å². The van der Waals surface area contributed by atoms with Crippen LogP contribution in [0.3, 0.4) is 0 Å². The minimum atomic E-state index is 0.227. The van der Waals surface area contributed by atoms with E-state index in [2.05, 4.69) is 26.3 Å². The van der Waals surface area contributed by atoms with Gasteiger partial charge in [-0.2, -0.15) is 0 Å². The Kier molecular flexibility index (Phi) is 5.32. The molecular formula is C20H32N4O2. The number of aliphatic hydroxyl groups is 1. The number of carbonyl (C=O) groups excluding carboxylic acids is 1. The van der Waals surface area contributed by atoms with Gasteiger partial charge in [0, 0.05) is 57.0 Å². The van der Waals surface area contributed by atoms with Crippen LogP contribution in [0, 0.1) is 11.8 Å². The summed E-state index contributed by atoms with van der Waals surface area (Å²) in [7, 11) is 0. The molecule has 4 rings (SSSR count). The van der Waals surface area contributed by atoms with Gasteiger partial charge in [-0.05, 0) is 37.6 Å². The van der Waals surface area contributed by atoms with Crippen LogP contribution < -0.4 is 0 Å². The lowest BCUT2D eigenvalue weighted by molar-refractivity contribution is -0.142. The molecule has 4 atom stereocenters. The third-order valence-electron chi connectivity index (χ3n) is 6.85. The highest BCUT2D eigenvalue weighted by Crippen LogP contribution is 2.41. The molecule has 0 spiro atoms. The molecule has 0 aliphatic carbocycles. The summed E-state index contributed by atoms with van der Waals surface area (Å²) in [5.74, 6) is 2.32. The van der Waals surface area contributed by atoms with Crippen molar-refractivity contribution < 1.29 is 9.90 Å². The number of piperidine rings is 3. The number of imidazole rings is 1. The molecule has 4 heterocycles. The Morgan fingerprint density at radius 1 is 1.31 bits per heavy atom. The van der Waals surface area contributed by atoms with Crippen molar-refractivity contribution in [2.24, 2.45) is 11.8 Å². The maximum Gasteiger partial charge on any atom is 0.224 e. The maximum absolute atomic E-state index is 12.9. The molecule has 6 heteroatoms. The second kappa shape index (κ2) is 7.69. The number of hydrogen-bond donors (Lipinski definition) is 1. The minimum Gasteiger partial charge on any atom is -0.395 e. The normalized spacial score (nSPS) is 31.7. The standard InChI is InChI=1S/C20H32N4O2/c1-2-19-21-7-10-22(19)9-6-20(26)23-12-15-11-16(13-23)18(14-25)24-8-4-3-5-17(15)24/h7,10,15-18,25H,2-6,8-9,11-14H2,1H3/t15-,16+,17+,18+/m1/s1. The number of aromatic nitrogens is 2. The Hall–Kier alpha value is -1.40. The van der Waals surface area contributed by atoms with Gasteiger partial charge in [-0.3, -0.25) is 9.69 Å². The van der Waals surface area contributed by atoms with Crippen molar-refractivity contribution in [3.63, 3.8) is 0 Å². The summed E-state index contributed by atoms with van der Waals surface area (Å²) in [4.78, 5) is 21.9. The molecule has 6 nitrogen and oxygen atoms in total. The summed E-state index contributed by atoms with van der Waals surface area (Å²) in [6.45, 7) is 5.87. The van der Waals surface area contributed by atoms with E-state index in [1.807, 2.05) is 12.4 Å². The van der Waals surface area contributed by atoms with Gasteiger partial charge in [0.15, 0.2) is 0 Å². The third kappa shape index (κ3) is 3.29. The minimum absolute atomic E-state index is 0.227. The molecule has 0 unspecified atom stereocenters. The molecule has 0 saturated carbocycles. The second-order valence-corrected chi connectivity index (χ2v) is 8.25. The first-order chi connectivity index (χ1) is 12.7. The molecule has 3 aliphatic rings. The van der Waals surface area contributed by atoms with Crippen molar-refractivity contribution in [2.45, 2.75) is 64.1 Å². The first-order valence-corrected chi connectivity index (χ1v) is 10.4. The maximum atomic E-state index is 12.9. The molecule has 1 amide bonds. The molecular weight excluding hydrogens is 328 g/mol. The molecule has 2 bridgehead atoms. The van der Waals surface area contributed by atoms with Crippen LogP contribution in [-0.4, -0.2) is 68.7 Å². The molecule has 0 aromatic carbocycles. The van der Waals surface area contributed by atoms with Crippen molar-refractivity contribution in [1.82, 2.24) is 19.4 Å². The van der Waals surface area contributed by atoms with Gasteiger partial charge in [-0.15, -0.1) is 0 Å². The summed E-state index contributed by atoms with van der Waals surface area (Å²) in [5, 5.41) is 10.00. The van der Waals surface area contributed by atoms with E-state index in [1.54, 1.807) is 0 Å². The Bertz CT molecular complexity index is 617. The van der Waals surface area contributed by atoms with E-state index < -0.39 is 0 Å². The molecule has 1 N–H and O–H groups in total. The van der Waals surface area contributed by atoms with E-state index in [9.17, 15) is 9.90 Å². The van der Waals surface area contributed by atoms with E-state index in [0.717, 1.165) is 31.9 Å². The van der Waals surface area contributed by atoms with Gasteiger partial charge in [-0.25, -0.2) is 4.98 Å². The van der Waals surface area contributed by atoms with Gasteiger partial charge in [0.2, 0.25) is 5.91 Å². The molecule has 0 radical (unpaired) electrons. The van der Waals surface area contributed by atoms with Crippen LogP contribution >= 0.6 is 0 Å². The molecule has 1 aromatic heterocycles. The number of fused-ring (bicyclic) bond motifs is 4. The number of carbonyl (C=O) groups is 1. The average Bonchev–Trinajstić information content (AvgIpc) is 3.14. The lowest BCUT2D eigenvalue weighted by atomic mass is 9.72. The summed E-state index contributed by atoms with van der Waals surface area (Å²) in [5.41, 5.74) is 0. The zero-order valence-corrected chi connectivity index (χ0v) is 15.9. The van der Waals surface area contributed by atoms with Crippen LogP contribution in [0.5, 0.6) is 0 Å². The van der Waals surface area contributed by atoms with Gasteiger partial charge in [0.1, 0.15) is 5.82 Å². The van der Waals surface area contributed by atoms with Gasteiger partial charge >= 0.3 is 0 Å². The number of rotatable bonds is 5. The quantitative estimate of drug-likeness (QED) is 0.865. The summed E-state index contributed by atoms with van der Waals surface area (Å²) in [6, 6.07) is 0.806. The highest BCUT2D eigenvalue weighted by molar-refractivity contribution is 5.76. The van der Waals surface area contributed by atoms with Crippen LogP contribution in [0.15, 0.2) is 12.4 Å². The van der Waals surface area contributed by atoms with Gasteiger partial charge in [-0.1, -0.05) is 13.3 Å². The average molecular weight is 361 g/mol. The van der Waals surface area contributed by atoms with Crippen molar-refractivity contribution in [2.75, 3.05) is 26.2 Å². The zero-order chi connectivity index (χ0) is 18.1.